The maximum atomic E-state index is 12.7. The van der Waals surface area contributed by atoms with Crippen molar-refractivity contribution in [2.24, 2.45) is 5.73 Å². The number of aliphatic carboxylic acids is 1. The molecule has 0 rings (SSSR count). The third kappa shape index (κ3) is 44.8. The van der Waals surface area contributed by atoms with Gasteiger partial charge in [0.1, 0.15) is 12.6 Å². The molecular formula is C50H96NO10P. The first-order valence-corrected chi connectivity index (χ1v) is 27.2. The number of carbonyl (C=O) groups excluding carboxylic acids is 2. The lowest BCUT2D eigenvalue weighted by Crippen LogP contribution is -2.34. The second-order valence-electron chi connectivity index (χ2n) is 17.7. The van der Waals surface area contributed by atoms with Crippen LogP contribution in [0, 0.1) is 0 Å². The van der Waals surface area contributed by atoms with Crippen molar-refractivity contribution in [1.82, 2.24) is 0 Å². The Balaban J connectivity index is 4.21. The molecule has 0 heterocycles. The maximum absolute atomic E-state index is 12.7. The molecular weight excluding hydrogens is 806 g/mol. The van der Waals surface area contributed by atoms with Crippen molar-refractivity contribution in [3.8, 4) is 0 Å². The van der Waals surface area contributed by atoms with Crippen LogP contribution in [0.2, 0.25) is 0 Å². The number of hydrogen-bond donors (Lipinski definition) is 3. The Hall–Kier alpha value is -1.78. The summed E-state index contributed by atoms with van der Waals surface area (Å²) in [5.41, 5.74) is 5.35. The SMILES string of the molecule is CCCCCCCC/C=C\CCCCCCCCCCCC(=O)O[C@H](COC(=O)CCCCCCCCCCCCCCCCCCCCC)COP(=O)(O)OC[C@H](N)C(=O)O. The number of phosphoric acid groups is 1. The summed E-state index contributed by atoms with van der Waals surface area (Å²) in [7, 11) is -4.72. The van der Waals surface area contributed by atoms with E-state index in [0.717, 1.165) is 38.5 Å². The van der Waals surface area contributed by atoms with E-state index in [4.69, 9.17) is 24.8 Å². The van der Waals surface area contributed by atoms with E-state index in [1.54, 1.807) is 0 Å². The molecule has 0 fully saturated rings. The quantitative estimate of drug-likeness (QED) is 0.0230. The highest BCUT2D eigenvalue weighted by molar-refractivity contribution is 7.47. The fourth-order valence-electron chi connectivity index (χ4n) is 7.47. The number of carboxylic acids is 1. The molecule has 0 aliphatic carbocycles. The Bertz CT molecular complexity index is 1110. The molecule has 0 bridgehead atoms. The van der Waals surface area contributed by atoms with Gasteiger partial charge in [0.05, 0.1) is 13.2 Å². The number of carbonyl (C=O) groups is 3. The van der Waals surface area contributed by atoms with Crippen LogP contribution in [0.3, 0.4) is 0 Å². The van der Waals surface area contributed by atoms with Gasteiger partial charge in [-0.05, 0) is 38.5 Å². The topological polar surface area (TPSA) is 172 Å². The van der Waals surface area contributed by atoms with Crippen molar-refractivity contribution in [1.29, 1.82) is 0 Å². The van der Waals surface area contributed by atoms with Crippen LogP contribution in [0.15, 0.2) is 12.2 Å². The third-order valence-corrected chi connectivity index (χ3v) is 12.5. The number of ether oxygens (including phenoxy) is 2. The molecule has 11 nitrogen and oxygen atoms in total. The lowest BCUT2D eigenvalue weighted by atomic mass is 10.0. The Labute approximate surface area is 379 Å². The molecule has 4 N–H and O–H groups in total. The minimum atomic E-state index is -4.72. The average molecular weight is 902 g/mol. The van der Waals surface area contributed by atoms with E-state index in [2.05, 4.69) is 30.5 Å². The number of carboxylic acid groups (broad SMARTS) is 1. The van der Waals surface area contributed by atoms with Gasteiger partial charge in [-0.2, -0.15) is 0 Å². The predicted molar refractivity (Wildman–Crippen MR) is 254 cm³/mol. The van der Waals surface area contributed by atoms with Crippen LogP contribution in [0.1, 0.15) is 258 Å². The Morgan fingerprint density at radius 3 is 1.18 bits per heavy atom. The first-order chi connectivity index (χ1) is 30.1. The minimum Gasteiger partial charge on any atom is -0.480 e. The zero-order valence-corrected chi connectivity index (χ0v) is 40.9. The predicted octanol–water partition coefficient (Wildman–Crippen LogP) is 14.4. The van der Waals surface area contributed by atoms with Gasteiger partial charge < -0.3 is 25.2 Å². The molecule has 1 unspecified atom stereocenters. The summed E-state index contributed by atoms with van der Waals surface area (Å²) in [4.78, 5) is 46.2. The van der Waals surface area contributed by atoms with E-state index in [1.807, 2.05) is 0 Å². The molecule has 0 aromatic heterocycles. The van der Waals surface area contributed by atoms with Gasteiger partial charge in [0.2, 0.25) is 0 Å². The van der Waals surface area contributed by atoms with Crippen molar-refractivity contribution < 1.29 is 47.5 Å². The lowest BCUT2D eigenvalue weighted by Gasteiger charge is -2.20. The van der Waals surface area contributed by atoms with E-state index < -0.39 is 51.1 Å². The summed E-state index contributed by atoms with van der Waals surface area (Å²) in [5.74, 6) is -2.36. The number of rotatable bonds is 49. The van der Waals surface area contributed by atoms with Gasteiger partial charge in [-0.3, -0.25) is 23.4 Å². The van der Waals surface area contributed by atoms with E-state index >= 15 is 0 Å². The third-order valence-electron chi connectivity index (χ3n) is 11.5. The van der Waals surface area contributed by atoms with Crippen LogP contribution in [-0.4, -0.2) is 59.9 Å². The van der Waals surface area contributed by atoms with Crippen LogP contribution >= 0.6 is 7.82 Å². The van der Waals surface area contributed by atoms with Gasteiger partial charge in [0, 0.05) is 12.8 Å². The molecule has 3 atom stereocenters. The normalized spacial score (nSPS) is 13.6. The summed E-state index contributed by atoms with van der Waals surface area (Å²) in [6, 6.07) is -1.52. The number of allylic oxidation sites excluding steroid dienone is 2. The highest BCUT2D eigenvalue weighted by Crippen LogP contribution is 2.43. The summed E-state index contributed by atoms with van der Waals surface area (Å²) < 4.78 is 32.9. The molecule has 0 aliphatic rings. The summed E-state index contributed by atoms with van der Waals surface area (Å²) in [5, 5.41) is 8.92. The molecule has 0 aromatic rings. The van der Waals surface area contributed by atoms with Crippen molar-refractivity contribution in [2.45, 2.75) is 270 Å². The first kappa shape index (κ1) is 60.2. The van der Waals surface area contributed by atoms with E-state index in [9.17, 15) is 23.8 Å². The zero-order valence-electron chi connectivity index (χ0n) is 40.0. The van der Waals surface area contributed by atoms with Crippen molar-refractivity contribution in [2.75, 3.05) is 19.8 Å². The number of esters is 2. The van der Waals surface area contributed by atoms with Crippen LogP contribution in [0.25, 0.3) is 0 Å². The lowest BCUT2D eigenvalue weighted by molar-refractivity contribution is -0.161. The van der Waals surface area contributed by atoms with Crippen LogP contribution < -0.4 is 5.73 Å². The first-order valence-electron chi connectivity index (χ1n) is 25.7. The number of unbranched alkanes of at least 4 members (excludes halogenated alkanes) is 33. The summed E-state index contributed by atoms with van der Waals surface area (Å²) in [6.45, 7) is 2.85. The fraction of sp³-hybridized carbons (Fsp3) is 0.900. The fourth-order valence-corrected chi connectivity index (χ4v) is 8.25. The summed E-state index contributed by atoms with van der Waals surface area (Å²) >= 11 is 0. The van der Waals surface area contributed by atoms with Gasteiger partial charge in [-0.1, -0.05) is 219 Å². The molecule has 0 aliphatic heterocycles. The maximum Gasteiger partial charge on any atom is 0.472 e. The van der Waals surface area contributed by atoms with Gasteiger partial charge in [-0.25, -0.2) is 4.57 Å². The Kier molecular flexibility index (Phi) is 44.5. The molecule has 366 valence electrons. The number of phosphoric ester groups is 1. The Morgan fingerprint density at radius 1 is 0.484 bits per heavy atom. The van der Waals surface area contributed by atoms with Crippen molar-refractivity contribution >= 4 is 25.7 Å². The van der Waals surface area contributed by atoms with Gasteiger partial charge >= 0.3 is 25.7 Å². The molecule has 0 saturated heterocycles. The van der Waals surface area contributed by atoms with Gasteiger partial charge in [0.15, 0.2) is 6.10 Å². The second-order valence-corrected chi connectivity index (χ2v) is 19.1. The molecule has 0 saturated carbocycles. The zero-order chi connectivity index (χ0) is 45.6. The van der Waals surface area contributed by atoms with E-state index in [1.165, 1.54) is 180 Å². The molecule has 12 heteroatoms. The number of nitrogens with two attached hydrogens (primary N) is 1. The minimum absolute atomic E-state index is 0.164. The van der Waals surface area contributed by atoms with E-state index in [0.29, 0.717) is 12.8 Å². The second kappa shape index (κ2) is 45.8. The average Bonchev–Trinajstić information content (AvgIpc) is 3.25. The highest BCUT2D eigenvalue weighted by atomic mass is 31.2. The summed E-state index contributed by atoms with van der Waals surface area (Å²) in [6.07, 6.45) is 48.4. The highest BCUT2D eigenvalue weighted by Gasteiger charge is 2.28. The largest absolute Gasteiger partial charge is 0.480 e. The standard InChI is InChI=1S/C50H96NO10P/c1-3-5-7-9-11-13-15-17-19-21-23-25-27-29-31-33-35-37-39-41-48(52)58-43-46(44-59-62(56,57)60-45-47(51)50(54)55)61-49(53)42-40-38-36-34-32-30-28-26-24-22-20-18-16-14-12-10-8-6-4-2/h18,20,46-47H,3-17,19,21-45,51H2,1-2H3,(H,54,55)(H,56,57)/b20-18-/t46-,47+/m1/s1. The van der Waals surface area contributed by atoms with Crippen molar-refractivity contribution in [3.63, 3.8) is 0 Å². The van der Waals surface area contributed by atoms with Gasteiger partial charge in [0.25, 0.3) is 0 Å². The van der Waals surface area contributed by atoms with Gasteiger partial charge in [-0.15, -0.1) is 0 Å². The van der Waals surface area contributed by atoms with Crippen molar-refractivity contribution in [3.05, 3.63) is 12.2 Å². The molecule has 0 amide bonds. The van der Waals surface area contributed by atoms with Crippen LogP contribution in [0.5, 0.6) is 0 Å². The Morgan fingerprint density at radius 2 is 0.806 bits per heavy atom. The van der Waals surface area contributed by atoms with Crippen LogP contribution in [-0.2, 0) is 37.5 Å². The monoisotopic (exact) mass is 902 g/mol. The number of hydrogen-bond acceptors (Lipinski definition) is 9. The smallest absolute Gasteiger partial charge is 0.472 e. The molecule has 0 aromatic carbocycles. The molecule has 0 radical (unpaired) electrons. The van der Waals surface area contributed by atoms with Crippen LogP contribution in [0.4, 0.5) is 0 Å². The molecule has 62 heavy (non-hydrogen) atoms. The molecule has 0 spiro atoms. The van der Waals surface area contributed by atoms with E-state index in [-0.39, 0.29) is 19.4 Å².